The Kier molecular flexibility index (Phi) is 3.79. The monoisotopic (exact) mass is 196 g/mol. The van der Waals surface area contributed by atoms with Gasteiger partial charge in [-0.25, -0.2) is 0 Å². The summed E-state index contributed by atoms with van der Waals surface area (Å²) in [7, 11) is 2.65. The molecule has 64 valence electrons. The number of halogens is 1. The molecule has 0 unspecified atom stereocenters. The fourth-order valence-electron chi connectivity index (χ4n) is 0.516. The Morgan fingerprint density at radius 1 is 1.73 bits per heavy atom. The SMILES string of the molecule is C[C@@H](C#N)CN(C)S(=O)(=O)Cl. The quantitative estimate of drug-likeness (QED) is 0.620. The summed E-state index contributed by atoms with van der Waals surface area (Å²) < 4.78 is 22.1. The van der Waals surface area contributed by atoms with E-state index in [-0.39, 0.29) is 12.5 Å². The predicted octanol–water partition coefficient (Wildman–Crippen LogP) is 0.561. The van der Waals surface area contributed by atoms with Crippen LogP contribution in [0.15, 0.2) is 0 Å². The number of rotatable bonds is 3. The molecule has 0 aliphatic heterocycles. The van der Waals surface area contributed by atoms with Crippen LogP contribution in [-0.2, 0) is 9.24 Å². The van der Waals surface area contributed by atoms with E-state index in [1.54, 1.807) is 6.92 Å². The Morgan fingerprint density at radius 2 is 2.18 bits per heavy atom. The summed E-state index contributed by atoms with van der Waals surface area (Å²) in [6, 6.07) is 1.90. The van der Waals surface area contributed by atoms with Crippen molar-refractivity contribution in [1.82, 2.24) is 4.31 Å². The molecular formula is C5H9ClN2O2S. The van der Waals surface area contributed by atoms with Crippen LogP contribution in [0.5, 0.6) is 0 Å². The van der Waals surface area contributed by atoms with E-state index in [4.69, 9.17) is 15.9 Å². The molecule has 0 saturated heterocycles. The molecule has 0 saturated carbocycles. The van der Waals surface area contributed by atoms with Gasteiger partial charge in [0, 0.05) is 24.3 Å². The fourth-order valence-corrected chi connectivity index (χ4v) is 1.09. The molecule has 0 aromatic rings. The van der Waals surface area contributed by atoms with Crippen molar-refractivity contribution in [3.8, 4) is 6.07 Å². The zero-order valence-electron chi connectivity index (χ0n) is 6.28. The molecule has 0 fully saturated rings. The maximum atomic E-state index is 10.6. The van der Waals surface area contributed by atoms with E-state index in [0.717, 1.165) is 4.31 Å². The molecule has 0 aliphatic carbocycles. The van der Waals surface area contributed by atoms with Gasteiger partial charge in [-0.1, -0.05) is 0 Å². The summed E-state index contributed by atoms with van der Waals surface area (Å²) in [5.74, 6) is -0.339. The van der Waals surface area contributed by atoms with Gasteiger partial charge in [0.1, 0.15) is 0 Å². The Bertz CT molecular complexity index is 256. The van der Waals surface area contributed by atoms with Gasteiger partial charge in [0.2, 0.25) is 0 Å². The lowest BCUT2D eigenvalue weighted by Crippen LogP contribution is -2.26. The van der Waals surface area contributed by atoms with E-state index < -0.39 is 9.24 Å². The van der Waals surface area contributed by atoms with Crippen molar-refractivity contribution >= 4 is 19.9 Å². The second-order valence-corrected chi connectivity index (χ2v) is 4.87. The highest BCUT2D eigenvalue weighted by Gasteiger charge is 2.15. The molecule has 0 aromatic heterocycles. The summed E-state index contributed by atoms with van der Waals surface area (Å²) in [5, 5.41) is 8.33. The van der Waals surface area contributed by atoms with Crippen LogP contribution in [0, 0.1) is 17.2 Å². The molecule has 6 heteroatoms. The van der Waals surface area contributed by atoms with Crippen molar-refractivity contribution in [2.24, 2.45) is 5.92 Å². The second kappa shape index (κ2) is 3.90. The molecule has 0 aliphatic rings. The maximum absolute atomic E-state index is 10.6. The zero-order chi connectivity index (χ0) is 9.07. The van der Waals surface area contributed by atoms with Crippen LogP contribution in [-0.4, -0.2) is 26.3 Å². The van der Waals surface area contributed by atoms with Crippen molar-refractivity contribution in [3.05, 3.63) is 0 Å². The van der Waals surface area contributed by atoms with Gasteiger partial charge in [0.05, 0.1) is 12.0 Å². The highest BCUT2D eigenvalue weighted by Crippen LogP contribution is 2.05. The van der Waals surface area contributed by atoms with Crippen LogP contribution in [0.4, 0.5) is 0 Å². The first-order valence-corrected chi connectivity index (χ1v) is 5.20. The molecule has 0 N–H and O–H groups in total. The highest BCUT2D eigenvalue weighted by molar-refractivity contribution is 8.11. The van der Waals surface area contributed by atoms with Crippen LogP contribution in [0.3, 0.4) is 0 Å². The summed E-state index contributed by atoms with van der Waals surface area (Å²) >= 11 is 0. The third-order valence-electron chi connectivity index (χ3n) is 1.12. The van der Waals surface area contributed by atoms with E-state index in [0.29, 0.717) is 0 Å². The standard InChI is InChI=1S/C5H9ClN2O2S/c1-5(3-7)4-8(2)11(6,9)10/h5H,4H2,1-2H3/t5-/m0/s1. The first kappa shape index (κ1) is 10.7. The van der Waals surface area contributed by atoms with Crippen molar-refractivity contribution in [2.75, 3.05) is 13.6 Å². The van der Waals surface area contributed by atoms with Crippen molar-refractivity contribution in [1.29, 1.82) is 5.26 Å². The lowest BCUT2D eigenvalue weighted by Gasteiger charge is -2.12. The molecule has 1 atom stereocenters. The maximum Gasteiger partial charge on any atom is 0.299 e. The molecule has 0 rings (SSSR count). The smallest absolute Gasteiger partial charge is 0.198 e. The van der Waals surface area contributed by atoms with Gasteiger partial charge in [-0.15, -0.1) is 0 Å². The third-order valence-corrected chi connectivity index (χ3v) is 2.72. The average Bonchev–Trinajstić information content (AvgIpc) is 1.85. The van der Waals surface area contributed by atoms with E-state index in [9.17, 15) is 8.42 Å². The molecule has 0 amide bonds. The van der Waals surface area contributed by atoms with Gasteiger partial charge in [-0.2, -0.15) is 18.0 Å². The van der Waals surface area contributed by atoms with Crippen LogP contribution >= 0.6 is 10.7 Å². The molecule has 0 spiro atoms. The number of nitrogens with zero attached hydrogens (tertiary/aromatic N) is 2. The van der Waals surface area contributed by atoms with Gasteiger partial charge in [0.15, 0.2) is 0 Å². The first-order chi connectivity index (χ1) is 4.88. The molecule has 0 heterocycles. The normalized spacial score (nSPS) is 14.5. The largest absolute Gasteiger partial charge is 0.299 e. The minimum absolute atomic E-state index is 0.127. The molecule has 11 heavy (non-hydrogen) atoms. The van der Waals surface area contributed by atoms with Gasteiger partial charge in [0.25, 0.3) is 9.24 Å². The van der Waals surface area contributed by atoms with E-state index in [1.807, 2.05) is 6.07 Å². The lowest BCUT2D eigenvalue weighted by molar-refractivity contribution is 0.450. The number of hydrogen-bond donors (Lipinski definition) is 0. The minimum atomic E-state index is -3.65. The first-order valence-electron chi connectivity index (χ1n) is 2.93. The Morgan fingerprint density at radius 3 is 2.45 bits per heavy atom. The van der Waals surface area contributed by atoms with Crippen LogP contribution in [0.25, 0.3) is 0 Å². The van der Waals surface area contributed by atoms with Crippen molar-refractivity contribution in [2.45, 2.75) is 6.92 Å². The summed E-state index contributed by atoms with van der Waals surface area (Å²) in [5.41, 5.74) is 0. The van der Waals surface area contributed by atoms with Crippen LogP contribution in [0.1, 0.15) is 6.92 Å². The van der Waals surface area contributed by atoms with E-state index in [2.05, 4.69) is 0 Å². The van der Waals surface area contributed by atoms with Crippen LogP contribution < -0.4 is 0 Å². The second-order valence-electron chi connectivity index (χ2n) is 2.25. The number of hydrogen-bond acceptors (Lipinski definition) is 3. The van der Waals surface area contributed by atoms with Gasteiger partial charge >= 0.3 is 0 Å². The zero-order valence-corrected chi connectivity index (χ0v) is 7.85. The highest BCUT2D eigenvalue weighted by atomic mass is 35.7. The summed E-state index contributed by atoms with van der Waals surface area (Å²) in [6.07, 6.45) is 0. The predicted molar refractivity (Wildman–Crippen MR) is 42.2 cm³/mol. The molecule has 4 nitrogen and oxygen atoms in total. The Balaban J connectivity index is 4.12. The molecular weight excluding hydrogens is 188 g/mol. The summed E-state index contributed by atoms with van der Waals surface area (Å²) in [6.45, 7) is 1.75. The molecule has 0 aromatic carbocycles. The van der Waals surface area contributed by atoms with Crippen molar-refractivity contribution in [3.63, 3.8) is 0 Å². The molecule has 0 radical (unpaired) electrons. The lowest BCUT2D eigenvalue weighted by atomic mass is 10.2. The van der Waals surface area contributed by atoms with Crippen LogP contribution in [0.2, 0.25) is 0 Å². The summed E-state index contributed by atoms with van der Waals surface area (Å²) in [4.78, 5) is 0. The third kappa shape index (κ3) is 4.19. The Hall–Kier alpha value is -0.310. The topological polar surface area (TPSA) is 61.2 Å². The van der Waals surface area contributed by atoms with E-state index in [1.165, 1.54) is 7.05 Å². The minimum Gasteiger partial charge on any atom is -0.198 e. The molecule has 0 bridgehead atoms. The van der Waals surface area contributed by atoms with E-state index >= 15 is 0 Å². The average molecular weight is 197 g/mol. The Labute approximate surface area is 70.9 Å². The number of nitriles is 1. The fraction of sp³-hybridized carbons (Fsp3) is 0.800. The van der Waals surface area contributed by atoms with Gasteiger partial charge in [-0.3, -0.25) is 0 Å². The van der Waals surface area contributed by atoms with Crippen molar-refractivity contribution < 1.29 is 8.42 Å². The van der Waals surface area contributed by atoms with Gasteiger partial charge < -0.3 is 0 Å². The van der Waals surface area contributed by atoms with Gasteiger partial charge in [-0.05, 0) is 6.92 Å².